The number of hydrogen-bond donors (Lipinski definition) is 2. The highest BCUT2D eigenvalue weighted by Crippen LogP contribution is 2.21. The molecule has 0 aliphatic heterocycles. The van der Waals surface area contributed by atoms with E-state index in [9.17, 15) is 4.79 Å². The van der Waals surface area contributed by atoms with Crippen molar-refractivity contribution < 1.29 is 4.79 Å². The van der Waals surface area contributed by atoms with Gasteiger partial charge in [-0.25, -0.2) is 4.79 Å². The van der Waals surface area contributed by atoms with E-state index in [1.807, 2.05) is 24.3 Å². The van der Waals surface area contributed by atoms with Crippen LogP contribution in [-0.4, -0.2) is 18.6 Å². The second-order valence-electron chi connectivity index (χ2n) is 4.82. The predicted molar refractivity (Wildman–Crippen MR) is 74.7 cm³/mol. The molecule has 3 N–H and O–H groups in total. The fraction of sp³-hybridized carbons (Fsp3) is 0.500. The molecule has 0 aromatic heterocycles. The first-order valence-corrected chi connectivity index (χ1v) is 6.64. The molecule has 1 aromatic carbocycles. The SMILES string of the molecule is CCCN(C(=O)NC1CCC1)c1cccc(N)c1. The number of nitrogens with one attached hydrogen (secondary N) is 1. The van der Waals surface area contributed by atoms with Crippen molar-refractivity contribution in [2.24, 2.45) is 0 Å². The summed E-state index contributed by atoms with van der Waals surface area (Å²) in [7, 11) is 0. The third-order valence-corrected chi connectivity index (χ3v) is 3.31. The zero-order valence-corrected chi connectivity index (χ0v) is 10.9. The van der Waals surface area contributed by atoms with Gasteiger partial charge in [0.25, 0.3) is 0 Å². The highest BCUT2D eigenvalue weighted by atomic mass is 16.2. The lowest BCUT2D eigenvalue weighted by Crippen LogP contribution is -2.47. The van der Waals surface area contributed by atoms with Gasteiger partial charge in [0, 0.05) is 24.0 Å². The molecule has 0 atom stereocenters. The van der Waals surface area contributed by atoms with E-state index in [0.717, 1.165) is 24.9 Å². The highest BCUT2D eigenvalue weighted by molar-refractivity contribution is 5.92. The summed E-state index contributed by atoms with van der Waals surface area (Å²) in [5.41, 5.74) is 7.33. The Hall–Kier alpha value is -1.71. The lowest BCUT2D eigenvalue weighted by molar-refractivity contribution is 0.234. The summed E-state index contributed by atoms with van der Waals surface area (Å²) in [5, 5.41) is 3.07. The van der Waals surface area contributed by atoms with Gasteiger partial charge in [-0.05, 0) is 43.9 Å². The van der Waals surface area contributed by atoms with Crippen molar-refractivity contribution in [3.05, 3.63) is 24.3 Å². The Morgan fingerprint density at radius 1 is 1.50 bits per heavy atom. The lowest BCUT2D eigenvalue weighted by atomic mass is 9.93. The summed E-state index contributed by atoms with van der Waals surface area (Å²) in [5.74, 6) is 0. The van der Waals surface area contributed by atoms with Crippen LogP contribution in [0.25, 0.3) is 0 Å². The van der Waals surface area contributed by atoms with E-state index in [1.54, 1.807) is 4.90 Å². The van der Waals surface area contributed by atoms with Crippen LogP contribution in [0.1, 0.15) is 32.6 Å². The quantitative estimate of drug-likeness (QED) is 0.804. The zero-order valence-electron chi connectivity index (χ0n) is 10.9. The average molecular weight is 247 g/mol. The maximum absolute atomic E-state index is 12.2. The number of nitrogen functional groups attached to an aromatic ring is 1. The van der Waals surface area contributed by atoms with Gasteiger partial charge in [-0.1, -0.05) is 13.0 Å². The minimum absolute atomic E-state index is 0.00727. The maximum atomic E-state index is 12.2. The van der Waals surface area contributed by atoms with E-state index in [0.29, 0.717) is 18.3 Å². The van der Waals surface area contributed by atoms with Crippen molar-refractivity contribution in [3.63, 3.8) is 0 Å². The summed E-state index contributed by atoms with van der Waals surface area (Å²) in [4.78, 5) is 14.0. The molecule has 1 aliphatic rings. The van der Waals surface area contributed by atoms with E-state index >= 15 is 0 Å². The Labute approximate surface area is 108 Å². The van der Waals surface area contributed by atoms with Crippen LogP contribution in [0.5, 0.6) is 0 Å². The Morgan fingerprint density at radius 2 is 2.28 bits per heavy atom. The predicted octanol–water partition coefficient (Wildman–Crippen LogP) is 2.75. The minimum atomic E-state index is -0.00727. The molecule has 1 aromatic rings. The molecule has 2 rings (SSSR count). The van der Waals surface area contributed by atoms with E-state index < -0.39 is 0 Å². The van der Waals surface area contributed by atoms with Gasteiger partial charge in [0.15, 0.2) is 0 Å². The molecule has 18 heavy (non-hydrogen) atoms. The standard InChI is InChI=1S/C14H21N3O/c1-2-9-17(13-8-3-5-11(15)10-13)14(18)16-12-6-4-7-12/h3,5,8,10,12H,2,4,6-7,9,15H2,1H3,(H,16,18). The molecule has 98 valence electrons. The van der Waals surface area contributed by atoms with Crippen LogP contribution in [0.2, 0.25) is 0 Å². The third kappa shape index (κ3) is 2.94. The van der Waals surface area contributed by atoms with Crippen LogP contribution in [-0.2, 0) is 0 Å². The van der Waals surface area contributed by atoms with Crippen molar-refractivity contribution in [2.75, 3.05) is 17.2 Å². The van der Waals surface area contributed by atoms with Crippen LogP contribution in [0.4, 0.5) is 16.2 Å². The summed E-state index contributed by atoms with van der Waals surface area (Å²) in [6, 6.07) is 7.83. The van der Waals surface area contributed by atoms with Crippen molar-refractivity contribution in [1.82, 2.24) is 5.32 Å². The molecular formula is C14H21N3O. The molecule has 1 aliphatic carbocycles. The topological polar surface area (TPSA) is 58.4 Å². The van der Waals surface area contributed by atoms with Gasteiger partial charge >= 0.3 is 6.03 Å². The smallest absolute Gasteiger partial charge is 0.322 e. The van der Waals surface area contributed by atoms with Crippen LogP contribution in [0.3, 0.4) is 0 Å². The first-order valence-electron chi connectivity index (χ1n) is 6.64. The minimum Gasteiger partial charge on any atom is -0.399 e. The number of amides is 2. The van der Waals surface area contributed by atoms with E-state index in [4.69, 9.17) is 5.73 Å². The molecule has 0 unspecified atom stereocenters. The Balaban J connectivity index is 2.08. The number of nitrogens with two attached hydrogens (primary N) is 1. The van der Waals surface area contributed by atoms with Gasteiger partial charge in [0.1, 0.15) is 0 Å². The summed E-state index contributed by atoms with van der Waals surface area (Å²) in [6.45, 7) is 2.78. The summed E-state index contributed by atoms with van der Waals surface area (Å²) in [6.07, 6.45) is 4.34. The van der Waals surface area contributed by atoms with Crippen LogP contribution in [0.15, 0.2) is 24.3 Å². The number of hydrogen-bond acceptors (Lipinski definition) is 2. The summed E-state index contributed by atoms with van der Waals surface area (Å²) < 4.78 is 0. The van der Waals surface area contributed by atoms with Gasteiger partial charge in [0.05, 0.1) is 0 Å². The van der Waals surface area contributed by atoms with E-state index in [2.05, 4.69) is 12.2 Å². The zero-order chi connectivity index (χ0) is 13.0. The molecule has 0 spiro atoms. The number of nitrogens with zero attached hydrogens (tertiary/aromatic N) is 1. The first-order chi connectivity index (χ1) is 8.70. The largest absolute Gasteiger partial charge is 0.399 e. The Morgan fingerprint density at radius 3 is 2.83 bits per heavy atom. The molecule has 0 radical (unpaired) electrons. The molecule has 4 nitrogen and oxygen atoms in total. The molecular weight excluding hydrogens is 226 g/mol. The molecule has 2 amide bonds. The fourth-order valence-electron chi connectivity index (χ4n) is 2.07. The van der Waals surface area contributed by atoms with Gasteiger partial charge in [-0.15, -0.1) is 0 Å². The van der Waals surface area contributed by atoms with Crippen LogP contribution in [0, 0.1) is 0 Å². The van der Waals surface area contributed by atoms with Crippen LogP contribution < -0.4 is 16.0 Å². The molecule has 4 heteroatoms. The second kappa shape index (κ2) is 5.76. The van der Waals surface area contributed by atoms with Crippen molar-refractivity contribution in [3.8, 4) is 0 Å². The Bertz CT molecular complexity index is 415. The number of benzene rings is 1. The number of urea groups is 1. The van der Waals surface area contributed by atoms with Crippen molar-refractivity contribution in [1.29, 1.82) is 0 Å². The third-order valence-electron chi connectivity index (χ3n) is 3.31. The molecule has 0 bridgehead atoms. The van der Waals surface area contributed by atoms with Gasteiger partial charge in [-0.3, -0.25) is 4.90 Å². The number of rotatable bonds is 4. The summed E-state index contributed by atoms with van der Waals surface area (Å²) >= 11 is 0. The Kier molecular flexibility index (Phi) is 4.07. The second-order valence-corrected chi connectivity index (χ2v) is 4.82. The maximum Gasteiger partial charge on any atom is 0.322 e. The highest BCUT2D eigenvalue weighted by Gasteiger charge is 2.23. The fourth-order valence-corrected chi connectivity index (χ4v) is 2.07. The first kappa shape index (κ1) is 12.7. The van der Waals surface area contributed by atoms with Crippen LogP contribution >= 0.6 is 0 Å². The van der Waals surface area contributed by atoms with Crippen molar-refractivity contribution >= 4 is 17.4 Å². The normalized spacial score (nSPS) is 14.9. The molecule has 0 heterocycles. The lowest BCUT2D eigenvalue weighted by Gasteiger charge is -2.30. The molecule has 1 fully saturated rings. The monoisotopic (exact) mass is 247 g/mol. The van der Waals surface area contributed by atoms with E-state index in [1.165, 1.54) is 6.42 Å². The van der Waals surface area contributed by atoms with E-state index in [-0.39, 0.29) is 6.03 Å². The van der Waals surface area contributed by atoms with Gasteiger partial charge in [-0.2, -0.15) is 0 Å². The molecule has 1 saturated carbocycles. The van der Waals surface area contributed by atoms with Gasteiger partial charge in [0.2, 0.25) is 0 Å². The number of anilines is 2. The number of carbonyl (C=O) groups excluding carboxylic acids is 1. The average Bonchev–Trinajstić information content (AvgIpc) is 2.30. The number of carbonyl (C=O) groups is 1. The molecule has 0 saturated heterocycles. The van der Waals surface area contributed by atoms with Crippen molar-refractivity contribution in [2.45, 2.75) is 38.6 Å². The van der Waals surface area contributed by atoms with Gasteiger partial charge < -0.3 is 11.1 Å².